The Hall–Kier alpha value is -2.82. The minimum absolute atomic E-state index is 0.260. The average molecular weight is 312 g/mol. The van der Waals surface area contributed by atoms with Crippen molar-refractivity contribution in [3.63, 3.8) is 0 Å². The molecule has 0 saturated heterocycles. The highest BCUT2D eigenvalue weighted by Gasteiger charge is 2.12. The Kier molecular flexibility index (Phi) is 6.17. The summed E-state index contributed by atoms with van der Waals surface area (Å²) >= 11 is 0. The number of hydrogen-bond donors (Lipinski definition) is 2. The van der Waals surface area contributed by atoms with Crippen molar-refractivity contribution in [2.45, 2.75) is 13.3 Å². The second-order valence-corrected chi connectivity index (χ2v) is 4.92. The van der Waals surface area contributed by atoms with Gasteiger partial charge in [0.1, 0.15) is 12.4 Å². The Bertz CT molecular complexity index is 639. The van der Waals surface area contributed by atoms with E-state index in [1.165, 1.54) is 5.56 Å². The van der Waals surface area contributed by atoms with Gasteiger partial charge in [-0.2, -0.15) is 0 Å². The molecule has 0 aliphatic rings. The summed E-state index contributed by atoms with van der Waals surface area (Å²) in [6.45, 7) is 2.61. The first-order valence-electron chi connectivity index (χ1n) is 7.55. The Morgan fingerprint density at radius 2 is 1.65 bits per heavy atom. The van der Waals surface area contributed by atoms with Crippen molar-refractivity contribution >= 4 is 17.5 Å². The smallest absolute Gasteiger partial charge is 0.313 e. The van der Waals surface area contributed by atoms with Gasteiger partial charge in [-0.15, -0.1) is 0 Å². The zero-order valence-electron chi connectivity index (χ0n) is 13.0. The van der Waals surface area contributed by atoms with E-state index in [2.05, 4.69) is 17.6 Å². The molecule has 0 bridgehead atoms. The molecular weight excluding hydrogens is 292 g/mol. The van der Waals surface area contributed by atoms with Crippen LogP contribution in [0.1, 0.15) is 12.5 Å². The van der Waals surface area contributed by atoms with Crippen LogP contribution in [0, 0.1) is 0 Å². The number of benzene rings is 2. The predicted octanol–water partition coefficient (Wildman–Crippen LogP) is 2.38. The standard InChI is InChI=1S/C18H20N2O3/c1-2-14-8-10-15(11-9-14)20-18(22)17(21)19-12-13-23-16-6-4-3-5-7-16/h3-11H,2,12-13H2,1H3,(H,19,21)(H,20,22). The van der Waals surface area contributed by atoms with Crippen LogP contribution in [-0.4, -0.2) is 25.0 Å². The SMILES string of the molecule is CCc1ccc(NC(=O)C(=O)NCCOc2ccccc2)cc1. The summed E-state index contributed by atoms with van der Waals surface area (Å²) in [5.41, 5.74) is 1.77. The molecule has 2 rings (SSSR count). The molecule has 0 saturated carbocycles. The molecular formula is C18H20N2O3. The van der Waals surface area contributed by atoms with Crippen molar-refractivity contribution < 1.29 is 14.3 Å². The Labute approximate surface area is 135 Å². The molecule has 0 fully saturated rings. The fraction of sp³-hybridized carbons (Fsp3) is 0.222. The highest BCUT2D eigenvalue weighted by atomic mass is 16.5. The fourth-order valence-corrected chi connectivity index (χ4v) is 1.94. The predicted molar refractivity (Wildman–Crippen MR) is 89.4 cm³/mol. The summed E-state index contributed by atoms with van der Waals surface area (Å²) in [5, 5.41) is 5.08. The van der Waals surface area contributed by atoms with Gasteiger partial charge in [-0.3, -0.25) is 9.59 Å². The minimum Gasteiger partial charge on any atom is -0.492 e. The maximum Gasteiger partial charge on any atom is 0.313 e. The van der Waals surface area contributed by atoms with E-state index in [1.54, 1.807) is 12.1 Å². The summed E-state index contributed by atoms with van der Waals surface area (Å²) in [7, 11) is 0. The monoisotopic (exact) mass is 312 g/mol. The number of carbonyl (C=O) groups is 2. The Morgan fingerprint density at radius 1 is 0.957 bits per heavy atom. The van der Waals surface area contributed by atoms with Crippen molar-refractivity contribution in [1.82, 2.24) is 5.32 Å². The van der Waals surface area contributed by atoms with E-state index >= 15 is 0 Å². The highest BCUT2D eigenvalue weighted by molar-refractivity contribution is 6.39. The van der Waals surface area contributed by atoms with Crippen molar-refractivity contribution in [3.8, 4) is 5.75 Å². The number of aryl methyl sites for hydroxylation is 1. The molecule has 5 heteroatoms. The first kappa shape index (κ1) is 16.5. The molecule has 0 heterocycles. The molecule has 0 unspecified atom stereocenters. The molecule has 0 atom stereocenters. The van der Waals surface area contributed by atoms with Crippen molar-refractivity contribution in [1.29, 1.82) is 0 Å². The second kappa shape index (κ2) is 8.58. The molecule has 0 aliphatic carbocycles. The first-order valence-corrected chi connectivity index (χ1v) is 7.55. The number of ether oxygens (including phenoxy) is 1. The Morgan fingerprint density at radius 3 is 2.30 bits per heavy atom. The summed E-state index contributed by atoms with van der Waals surface area (Å²) in [4.78, 5) is 23.5. The summed E-state index contributed by atoms with van der Waals surface area (Å²) in [5.74, 6) is -0.641. The maximum absolute atomic E-state index is 11.8. The molecule has 5 nitrogen and oxygen atoms in total. The van der Waals surface area contributed by atoms with Gasteiger partial charge in [-0.05, 0) is 36.2 Å². The number of para-hydroxylation sites is 1. The third kappa shape index (κ3) is 5.47. The average Bonchev–Trinajstić information content (AvgIpc) is 2.60. The van der Waals surface area contributed by atoms with Gasteiger partial charge in [0, 0.05) is 5.69 Å². The second-order valence-electron chi connectivity index (χ2n) is 4.92. The molecule has 2 N–H and O–H groups in total. The molecule has 23 heavy (non-hydrogen) atoms. The van der Waals surface area contributed by atoms with E-state index < -0.39 is 11.8 Å². The fourth-order valence-electron chi connectivity index (χ4n) is 1.94. The number of rotatable bonds is 6. The number of hydrogen-bond acceptors (Lipinski definition) is 3. The van der Waals surface area contributed by atoms with Crippen LogP contribution < -0.4 is 15.4 Å². The van der Waals surface area contributed by atoms with E-state index in [9.17, 15) is 9.59 Å². The summed E-state index contributed by atoms with van der Waals surface area (Å²) < 4.78 is 5.43. The normalized spacial score (nSPS) is 9.96. The lowest BCUT2D eigenvalue weighted by atomic mass is 10.1. The lowest BCUT2D eigenvalue weighted by molar-refractivity contribution is -0.136. The maximum atomic E-state index is 11.8. The topological polar surface area (TPSA) is 67.4 Å². The van der Waals surface area contributed by atoms with Gasteiger partial charge in [-0.1, -0.05) is 37.3 Å². The number of amides is 2. The van der Waals surface area contributed by atoms with Crippen LogP contribution in [0.3, 0.4) is 0 Å². The van der Waals surface area contributed by atoms with Gasteiger partial charge in [0.05, 0.1) is 6.54 Å². The lowest BCUT2D eigenvalue weighted by Gasteiger charge is -2.08. The van der Waals surface area contributed by atoms with Gasteiger partial charge in [0.25, 0.3) is 0 Å². The van der Waals surface area contributed by atoms with Crippen LogP contribution in [0.4, 0.5) is 5.69 Å². The van der Waals surface area contributed by atoms with Gasteiger partial charge >= 0.3 is 11.8 Å². The van der Waals surface area contributed by atoms with E-state index in [0.717, 1.165) is 12.2 Å². The number of carbonyl (C=O) groups excluding carboxylic acids is 2. The van der Waals surface area contributed by atoms with Crippen LogP contribution in [0.5, 0.6) is 5.75 Å². The molecule has 0 spiro atoms. The van der Waals surface area contributed by atoms with Crippen LogP contribution >= 0.6 is 0 Å². The van der Waals surface area contributed by atoms with E-state index in [4.69, 9.17) is 4.74 Å². The van der Waals surface area contributed by atoms with Gasteiger partial charge in [-0.25, -0.2) is 0 Å². The third-order valence-electron chi connectivity index (χ3n) is 3.23. The Balaban J connectivity index is 1.71. The van der Waals surface area contributed by atoms with E-state index in [1.807, 2.05) is 42.5 Å². The van der Waals surface area contributed by atoms with Crippen molar-refractivity contribution in [2.75, 3.05) is 18.5 Å². The molecule has 2 aromatic carbocycles. The quantitative estimate of drug-likeness (QED) is 0.636. The minimum atomic E-state index is -0.686. The molecule has 2 aromatic rings. The molecule has 0 aliphatic heterocycles. The van der Waals surface area contributed by atoms with Gasteiger partial charge < -0.3 is 15.4 Å². The zero-order chi connectivity index (χ0) is 16.5. The number of nitrogens with one attached hydrogen (secondary N) is 2. The first-order chi connectivity index (χ1) is 11.2. The molecule has 0 radical (unpaired) electrons. The largest absolute Gasteiger partial charge is 0.492 e. The summed E-state index contributed by atoms with van der Waals surface area (Å²) in [6.07, 6.45) is 0.927. The lowest BCUT2D eigenvalue weighted by Crippen LogP contribution is -2.37. The van der Waals surface area contributed by atoms with E-state index in [0.29, 0.717) is 12.3 Å². The molecule has 0 aromatic heterocycles. The zero-order valence-corrected chi connectivity index (χ0v) is 13.0. The van der Waals surface area contributed by atoms with Crippen LogP contribution in [0.2, 0.25) is 0 Å². The highest BCUT2D eigenvalue weighted by Crippen LogP contribution is 2.10. The van der Waals surface area contributed by atoms with Gasteiger partial charge in [0.2, 0.25) is 0 Å². The van der Waals surface area contributed by atoms with E-state index in [-0.39, 0.29) is 6.54 Å². The van der Waals surface area contributed by atoms with Gasteiger partial charge in [0.15, 0.2) is 0 Å². The molecule has 2 amide bonds. The van der Waals surface area contributed by atoms with Crippen molar-refractivity contribution in [2.24, 2.45) is 0 Å². The number of anilines is 1. The third-order valence-corrected chi connectivity index (χ3v) is 3.23. The van der Waals surface area contributed by atoms with Crippen molar-refractivity contribution in [3.05, 3.63) is 60.2 Å². The van der Waals surface area contributed by atoms with Crippen LogP contribution in [-0.2, 0) is 16.0 Å². The van der Waals surface area contributed by atoms with Crippen LogP contribution in [0.15, 0.2) is 54.6 Å². The summed E-state index contributed by atoms with van der Waals surface area (Å²) in [6, 6.07) is 16.7. The molecule has 120 valence electrons. The van der Waals surface area contributed by atoms with Crippen LogP contribution in [0.25, 0.3) is 0 Å².